The molecule has 0 saturated carbocycles. The normalized spacial score (nSPS) is 18.2. The highest BCUT2D eigenvalue weighted by molar-refractivity contribution is 4.80. The van der Waals surface area contributed by atoms with Crippen LogP contribution in [0.5, 0.6) is 0 Å². The van der Waals surface area contributed by atoms with Gasteiger partial charge < -0.3 is 5.11 Å². The van der Waals surface area contributed by atoms with Crippen LogP contribution in [-0.2, 0) is 0 Å². The first kappa shape index (κ1) is 13.9. The zero-order chi connectivity index (χ0) is 11.2. The van der Waals surface area contributed by atoms with E-state index in [1.54, 1.807) is 6.92 Å². The van der Waals surface area contributed by atoms with E-state index in [4.69, 9.17) is 0 Å². The summed E-state index contributed by atoms with van der Waals surface area (Å²) in [6.07, 6.45) is 3.36. The Balaban J connectivity index is 4.10. The van der Waals surface area contributed by atoms with Gasteiger partial charge in [0, 0.05) is 6.54 Å². The Bertz CT molecular complexity index is 145. The highest BCUT2D eigenvalue weighted by atomic mass is 16.3. The fraction of sp³-hybridized carbons (Fsp3) is 1.00. The first-order valence-electron chi connectivity index (χ1n) is 5.84. The molecule has 0 aliphatic carbocycles. The minimum absolute atomic E-state index is 0.312. The van der Waals surface area contributed by atoms with Crippen LogP contribution in [0, 0.1) is 11.3 Å². The summed E-state index contributed by atoms with van der Waals surface area (Å²) in [6.45, 7) is 11.7. The standard InChI is InChI=1S/C12H27NO/c1-6-7-8-12(5,10(2)3)9-13-11(4)14/h10-11,13-14H,6-9H2,1-5H3. The van der Waals surface area contributed by atoms with E-state index < -0.39 is 6.23 Å². The lowest BCUT2D eigenvalue weighted by Crippen LogP contribution is -2.39. The maximum Gasteiger partial charge on any atom is 0.102 e. The minimum atomic E-state index is -0.394. The molecule has 0 fully saturated rings. The Labute approximate surface area is 89.1 Å². The molecule has 0 aliphatic rings. The number of aliphatic hydroxyl groups is 1. The molecule has 2 unspecified atom stereocenters. The van der Waals surface area contributed by atoms with Gasteiger partial charge in [0.2, 0.25) is 0 Å². The van der Waals surface area contributed by atoms with Crippen molar-refractivity contribution in [2.75, 3.05) is 6.54 Å². The molecule has 0 bridgehead atoms. The fourth-order valence-corrected chi connectivity index (χ4v) is 1.54. The van der Waals surface area contributed by atoms with Gasteiger partial charge in [0.1, 0.15) is 6.23 Å². The van der Waals surface area contributed by atoms with Crippen LogP contribution >= 0.6 is 0 Å². The number of hydrogen-bond donors (Lipinski definition) is 2. The first-order chi connectivity index (χ1) is 6.42. The van der Waals surface area contributed by atoms with Crippen LogP contribution in [0.1, 0.15) is 53.9 Å². The minimum Gasteiger partial charge on any atom is -0.379 e. The summed E-state index contributed by atoms with van der Waals surface area (Å²) in [4.78, 5) is 0. The van der Waals surface area contributed by atoms with Crippen LogP contribution in [-0.4, -0.2) is 17.9 Å². The van der Waals surface area contributed by atoms with E-state index in [9.17, 15) is 5.11 Å². The van der Waals surface area contributed by atoms with Crippen molar-refractivity contribution in [1.82, 2.24) is 5.32 Å². The first-order valence-corrected chi connectivity index (χ1v) is 5.84. The quantitative estimate of drug-likeness (QED) is 0.621. The Hall–Kier alpha value is -0.0800. The molecule has 0 aliphatic heterocycles. The van der Waals surface area contributed by atoms with Crippen LogP contribution in [0.15, 0.2) is 0 Å². The second-order valence-corrected chi connectivity index (χ2v) is 4.97. The molecular formula is C12H27NO. The van der Waals surface area contributed by atoms with Crippen molar-refractivity contribution in [2.45, 2.75) is 60.1 Å². The number of nitrogens with one attached hydrogen (secondary N) is 1. The second-order valence-electron chi connectivity index (χ2n) is 4.97. The molecule has 0 rings (SSSR count). The topological polar surface area (TPSA) is 32.3 Å². The molecule has 0 aromatic rings. The van der Waals surface area contributed by atoms with E-state index >= 15 is 0 Å². The lowest BCUT2D eigenvalue weighted by molar-refractivity contribution is 0.110. The Kier molecular flexibility index (Phi) is 6.38. The molecular weight excluding hydrogens is 174 g/mol. The summed E-state index contributed by atoms with van der Waals surface area (Å²) in [5.74, 6) is 0.653. The maximum atomic E-state index is 9.21. The predicted molar refractivity (Wildman–Crippen MR) is 62.2 cm³/mol. The van der Waals surface area contributed by atoms with Crippen LogP contribution < -0.4 is 5.32 Å². The van der Waals surface area contributed by atoms with E-state index in [0.717, 1.165) is 6.54 Å². The largest absolute Gasteiger partial charge is 0.379 e. The van der Waals surface area contributed by atoms with Gasteiger partial charge in [-0.15, -0.1) is 0 Å². The molecule has 0 heterocycles. The summed E-state index contributed by atoms with van der Waals surface area (Å²) >= 11 is 0. The Morgan fingerprint density at radius 2 is 1.86 bits per heavy atom. The Morgan fingerprint density at radius 3 is 2.21 bits per heavy atom. The second kappa shape index (κ2) is 6.41. The van der Waals surface area contributed by atoms with Crippen molar-refractivity contribution < 1.29 is 5.11 Å². The molecule has 0 saturated heterocycles. The van der Waals surface area contributed by atoms with Crippen molar-refractivity contribution >= 4 is 0 Å². The van der Waals surface area contributed by atoms with Gasteiger partial charge in [0.25, 0.3) is 0 Å². The Morgan fingerprint density at radius 1 is 1.29 bits per heavy atom. The third kappa shape index (κ3) is 4.97. The number of hydrogen-bond acceptors (Lipinski definition) is 2. The van der Waals surface area contributed by atoms with Crippen LogP contribution in [0.3, 0.4) is 0 Å². The highest BCUT2D eigenvalue weighted by Crippen LogP contribution is 2.32. The lowest BCUT2D eigenvalue weighted by atomic mass is 9.75. The smallest absolute Gasteiger partial charge is 0.102 e. The van der Waals surface area contributed by atoms with E-state index in [0.29, 0.717) is 11.3 Å². The maximum absolute atomic E-state index is 9.21. The van der Waals surface area contributed by atoms with E-state index in [2.05, 4.69) is 33.0 Å². The van der Waals surface area contributed by atoms with Gasteiger partial charge >= 0.3 is 0 Å². The summed E-state index contributed by atoms with van der Waals surface area (Å²) < 4.78 is 0. The van der Waals surface area contributed by atoms with Crippen molar-refractivity contribution in [3.63, 3.8) is 0 Å². The highest BCUT2D eigenvalue weighted by Gasteiger charge is 2.27. The summed E-state index contributed by atoms with van der Waals surface area (Å²) in [5.41, 5.74) is 0.312. The molecule has 14 heavy (non-hydrogen) atoms. The SMILES string of the molecule is CCCCC(C)(CNC(C)O)C(C)C. The third-order valence-corrected chi connectivity index (χ3v) is 3.30. The van der Waals surface area contributed by atoms with Gasteiger partial charge in [-0.25, -0.2) is 0 Å². The third-order valence-electron chi connectivity index (χ3n) is 3.30. The molecule has 0 aromatic carbocycles. The predicted octanol–water partition coefficient (Wildman–Crippen LogP) is 2.77. The van der Waals surface area contributed by atoms with Crippen molar-refractivity contribution in [3.05, 3.63) is 0 Å². The van der Waals surface area contributed by atoms with E-state index in [1.165, 1.54) is 19.3 Å². The average molecular weight is 201 g/mol. The fourth-order valence-electron chi connectivity index (χ4n) is 1.54. The van der Waals surface area contributed by atoms with E-state index in [1.807, 2.05) is 0 Å². The van der Waals surface area contributed by atoms with Gasteiger partial charge in [-0.1, -0.05) is 40.5 Å². The van der Waals surface area contributed by atoms with Gasteiger partial charge in [0.15, 0.2) is 0 Å². The zero-order valence-corrected chi connectivity index (χ0v) is 10.4. The lowest BCUT2D eigenvalue weighted by Gasteiger charge is -2.34. The number of unbranched alkanes of at least 4 members (excludes halogenated alkanes) is 1. The molecule has 0 amide bonds. The van der Waals surface area contributed by atoms with E-state index in [-0.39, 0.29) is 0 Å². The van der Waals surface area contributed by atoms with Crippen LogP contribution in [0.2, 0.25) is 0 Å². The molecule has 0 radical (unpaired) electrons. The van der Waals surface area contributed by atoms with Gasteiger partial charge in [-0.05, 0) is 24.7 Å². The molecule has 86 valence electrons. The summed E-state index contributed by atoms with van der Waals surface area (Å²) in [6, 6.07) is 0. The molecule has 2 N–H and O–H groups in total. The van der Waals surface area contributed by atoms with Gasteiger partial charge in [0.05, 0.1) is 0 Å². The van der Waals surface area contributed by atoms with Gasteiger partial charge in [-0.2, -0.15) is 0 Å². The summed E-state index contributed by atoms with van der Waals surface area (Å²) in [7, 11) is 0. The number of rotatable bonds is 7. The molecule has 2 nitrogen and oxygen atoms in total. The van der Waals surface area contributed by atoms with Crippen molar-refractivity contribution in [3.8, 4) is 0 Å². The van der Waals surface area contributed by atoms with Crippen molar-refractivity contribution in [2.24, 2.45) is 11.3 Å². The zero-order valence-electron chi connectivity index (χ0n) is 10.4. The van der Waals surface area contributed by atoms with Gasteiger partial charge in [-0.3, -0.25) is 5.32 Å². The van der Waals surface area contributed by atoms with Crippen LogP contribution in [0.4, 0.5) is 0 Å². The average Bonchev–Trinajstić information content (AvgIpc) is 2.11. The monoisotopic (exact) mass is 201 g/mol. The number of aliphatic hydroxyl groups excluding tert-OH is 1. The molecule has 0 aromatic heterocycles. The molecule has 2 atom stereocenters. The van der Waals surface area contributed by atoms with Crippen LogP contribution in [0.25, 0.3) is 0 Å². The molecule has 2 heteroatoms. The summed E-state index contributed by atoms with van der Waals surface area (Å²) in [5, 5.41) is 12.3. The molecule has 0 spiro atoms. The van der Waals surface area contributed by atoms with Crippen molar-refractivity contribution in [1.29, 1.82) is 0 Å².